The minimum Gasteiger partial charge on any atom is -0.466 e. The Bertz CT molecular complexity index is 1270. The highest BCUT2D eigenvalue weighted by Crippen LogP contribution is 2.38. The van der Waals surface area contributed by atoms with Crippen molar-refractivity contribution in [3.63, 3.8) is 0 Å². The summed E-state index contributed by atoms with van der Waals surface area (Å²) in [6.07, 6.45) is -8.76. The van der Waals surface area contributed by atoms with Crippen LogP contribution in [0.5, 0.6) is 0 Å². The van der Waals surface area contributed by atoms with E-state index < -0.39 is 42.1 Å². The van der Waals surface area contributed by atoms with Crippen LogP contribution in [0.1, 0.15) is 11.1 Å². The van der Waals surface area contributed by atoms with Crippen molar-refractivity contribution in [2.24, 2.45) is 0 Å². The summed E-state index contributed by atoms with van der Waals surface area (Å²) in [6.45, 7) is -0.695. The van der Waals surface area contributed by atoms with Crippen LogP contribution in [-0.4, -0.2) is 57.6 Å². The zero-order chi connectivity index (χ0) is 29.0. The summed E-state index contributed by atoms with van der Waals surface area (Å²) in [7, 11) is 2.10. The normalized spacial score (nSPS) is 14.2. The monoisotopic (exact) mass is 582 g/mol. The second-order valence-electron chi connectivity index (χ2n) is 7.85. The lowest BCUT2D eigenvalue weighted by molar-refractivity contribution is -0.140. The van der Waals surface area contributed by atoms with Gasteiger partial charge >= 0.3 is 24.3 Å². The van der Waals surface area contributed by atoms with Crippen LogP contribution in [0.15, 0.2) is 41.7 Å². The maximum absolute atomic E-state index is 13.5. The van der Waals surface area contributed by atoms with Gasteiger partial charge in [-0.15, -0.1) is 0 Å². The van der Waals surface area contributed by atoms with E-state index >= 15 is 0 Å². The van der Waals surface area contributed by atoms with E-state index in [1.807, 2.05) is 0 Å². The van der Waals surface area contributed by atoms with E-state index in [0.717, 1.165) is 37.3 Å². The highest BCUT2D eigenvalue weighted by atomic mass is 35.5. The highest BCUT2D eigenvalue weighted by Gasteiger charge is 2.36. The minimum atomic E-state index is -4.74. The van der Waals surface area contributed by atoms with Crippen molar-refractivity contribution < 1.29 is 50.1 Å². The summed E-state index contributed by atoms with van der Waals surface area (Å²) in [5.74, 6) is -1.99. The van der Waals surface area contributed by atoms with Gasteiger partial charge in [-0.2, -0.15) is 26.3 Å². The Kier molecular flexibility index (Phi) is 9.17. The van der Waals surface area contributed by atoms with Gasteiger partial charge in [-0.1, -0.05) is 11.6 Å². The first-order valence-electron chi connectivity index (χ1n) is 10.9. The molecule has 0 radical (unpaired) electrons. The minimum absolute atomic E-state index is 0.0211. The van der Waals surface area contributed by atoms with Crippen LogP contribution < -0.4 is 15.5 Å². The molecule has 1 aromatic carbocycles. The number of carbonyl (C=O) groups is 2. The summed E-state index contributed by atoms with van der Waals surface area (Å²) >= 11 is 5.87. The van der Waals surface area contributed by atoms with E-state index in [2.05, 4.69) is 20.4 Å². The van der Waals surface area contributed by atoms with Gasteiger partial charge in [0, 0.05) is 19.3 Å². The Morgan fingerprint density at radius 1 is 1.00 bits per heavy atom. The number of halogens is 7. The molecule has 0 aliphatic carbocycles. The molecule has 16 heteroatoms. The highest BCUT2D eigenvalue weighted by molar-refractivity contribution is 6.33. The van der Waals surface area contributed by atoms with Crippen LogP contribution >= 0.6 is 11.6 Å². The average Bonchev–Trinajstić information content (AvgIpc) is 2.89. The number of alkyl halides is 6. The zero-order valence-corrected chi connectivity index (χ0v) is 21.1. The largest absolute Gasteiger partial charge is 0.466 e. The third kappa shape index (κ3) is 7.03. The van der Waals surface area contributed by atoms with E-state index in [9.17, 15) is 35.9 Å². The third-order valence-electron chi connectivity index (χ3n) is 5.35. The van der Waals surface area contributed by atoms with Gasteiger partial charge < -0.3 is 29.7 Å². The molecule has 0 fully saturated rings. The number of nitrogens with one attached hydrogen (secondary N) is 2. The molecule has 0 saturated heterocycles. The number of anilines is 3. The fraction of sp³-hybridized carbons (Fsp3) is 0.348. The first-order chi connectivity index (χ1) is 18.3. The molecule has 1 aromatic heterocycles. The van der Waals surface area contributed by atoms with Gasteiger partial charge in [0.05, 0.1) is 53.9 Å². The Morgan fingerprint density at radius 3 is 2.23 bits per heavy atom. The van der Waals surface area contributed by atoms with Crippen molar-refractivity contribution in [2.75, 3.05) is 56.2 Å². The molecule has 2 N–H and O–H groups in total. The fourth-order valence-corrected chi connectivity index (χ4v) is 3.75. The van der Waals surface area contributed by atoms with E-state index in [0.29, 0.717) is 12.3 Å². The molecule has 1 aliphatic rings. The lowest BCUT2D eigenvalue weighted by atomic mass is 10.1. The van der Waals surface area contributed by atoms with Crippen molar-refractivity contribution in [1.82, 2.24) is 4.98 Å². The molecule has 0 atom stereocenters. The van der Waals surface area contributed by atoms with Crippen molar-refractivity contribution >= 4 is 40.7 Å². The number of rotatable bonds is 8. The van der Waals surface area contributed by atoms with Crippen LogP contribution in [0, 0.1) is 0 Å². The Labute approximate surface area is 222 Å². The molecule has 1 aliphatic heterocycles. The number of hydrogen-bond donors (Lipinski definition) is 2. The van der Waals surface area contributed by atoms with E-state index in [1.54, 1.807) is 0 Å². The number of aromatic nitrogens is 1. The predicted molar refractivity (Wildman–Crippen MR) is 127 cm³/mol. The number of hydrogen-bond acceptors (Lipinski definition) is 9. The quantitative estimate of drug-likeness (QED) is 0.261. The standard InChI is InChI=1S/C23H21ClF6N4O5/c1-37-20(35)14-10-39-11-34(18(14)21(36)38-2)17-8-12(22(25,26)27)3-4-16(17)31-5-6-32-19-15(24)7-13(9-33-19)23(28,29)30/h3-4,7-9,31H,5-6,10-11H2,1-2H3,(H,32,33). The number of methoxy groups -OCH3 is 2. The maximum Gasteiger partial charge on any atom is 0.417 e. The van der Waals surface area contributed by atoms with Gasteiger partial charge in [-0.05, 0) is 24.3 Å². The molecule has 39 heavy (non-hydrogen) atoms. The van der Waals surface area contributed by atoms with Gasteiger partial charge in [0.25, 0.3) is 0 Å². The molecule has 0 spiro atoms. The van der Waals surface area contributed by atoms with Gasteiger partial charge in [-0.25, -0.2) is 14.6 Å². The van der Waals surface area contributed by atoms with Gasteiger partial charge in [0.1, 0.15) is 18.2 Å². The van der Waals surface area contributed by atoms with Crippen molar-refractivity contribution in [1.29, 1.82) is 0 Å². The Hall–Kier alpha value is -3.72. The number of nitrogens with zero attached hydrogens (tertiary/aromatic N) is 2. The SMILES string of the molecule is COC(=O)C1=C(C(=O)OC)N(c2cc(C(F)(F)F)ccc2NCCNc2ncc(C(F)(F)F)cc2Cl)COC1. The van der Waals surface area contributed by atoms with Crippen LogP contribution in [0.25, 0.3) is 0 Å². The van der Waals surface area contributed by atoms with E-state index in [1.165, 1.54) is 0 Å². The summed E-state index contributed by atoms with van der Waals surface area (Å²) in [4.78, 5) is 29.5. The molecule has 212 valence electrons. The zero-order valence-electron chi connectivity index (χ0n) is 20.3. The van der Waals surface area contributed by atoms with Crippen molar-refractivity contribution in [3.05, 3.63) is 57.9 Å². The number of carbonyl (C=O) groups excluding carboxylic acids is 2. The number of benzene rings is 1. The fourth-order valence-electron chi connectivity index (χ4n) is 3.52. The lowest BCUT2D eigenvalue weighted by Crippen LogP contribution is -2.39. The molecule has 0 bridgehead atoms. The molecule has 2 aromatic rings. The molecule has 0 unspecified atom stereocenters. The first-order valence-corrected chi connectivity index (χ1v) is 11.3. The molecular formula is C23H21ClF6N4O5. The Balaban J connectivity index is 1.89. The second-order valence-corrected chi connectivity index (χ2v) is 8.26. The van der Waals surface area contributed by atoms with Crippen LogP contribution in [0.2, 0.25) is 5.02 Å². The topological polar surface area (TPSA) is 102 Å². The van der Waals surface area contributed by atoms with Gasteiger partial charge in [-0.3, -0.25) is 0 Å². The second kappa shape index (κ2) is 12.0. The number of pyridine rings is 1. The third-order valence-corrected chi connectivity index (χ3v) is 5.64. The summed E-state index contributed by atoms with van der Waals surface area (Å²) in [5.41, 5.74) is -2.77. The van der Waals surface area contributed by atoms with Gasteiger partial charge in [0.15, 0.2) is 0 Å². The number of ether oxygens (including phenoxy) is 3. The van der Waals surface area contributed by atoms with Crippen molar-refractivity contribution in [2.45, 2.75) is 12.4 Å². The average molecular weight is 583 g/mol. The van der Waals surface area contributed by atoms with Crippen LogP contribution in [-0.2, 0) is 36.2 Å². The summed E-state index contributed by atoms with van der Waals surface area (Å²) in [5, 5.41) is 5.32. The molecule has 9 nitrogen and oxygen atoms in total. The van der Waals surface area contributed by atoms with E-state index in [-0.39, 0.29) is 53.2 Å². The summed E-state index contributed by atoms with van der Waals surface area (Å²) in [6, 6.07) is 3.38. The Morgan fingerprint density at radius 2 is 1.64 bits per heavy atom. The predicted octanol–water partition coefficient (Wildman–Crippen LogP) is 4.69. The number of esters is 2. The maximum atomic E-state index is 13.5. The van der Waals surface area contributed by atoms with Gasteiger partial charge in [0.2, 0.25) is 0 Å². The molecule has 0 saturated carbocycles. The smallest absolute Gasteiger partial charge is 0.417 e. The lowest BCUT2D eigenvalue weighted by Gasteiger charge is -2.33. The van der Waals surface area contributed by atoms with E-state index in [4.69, 9.17) is 21.1 Å². The molecular weight excluding hydrogens is 562 g/mol. The molecule has 0 amide bonds. The first kappa shape index (κ1) is 29.8. The van der Waals surface area contributed by atoms with Crippen molar-refractivity contribution in [3.8, 4) is 0 Å². The molecule has 3 rings (SSSR count). The molecule has 2 heterocycles. The summed E-state index contributed by atoms with van der Waals surface area (Å²) < 4.78 is 93.8. The van der Waals surface area contributed by atoms with Crippen LogP contribution in [0.3, 0.4) is 0 Å². The van der Waals surface area contributed by atoms with Crippen LogP contribution in [0.4, 0.5) is 43.5 Å².